The summed E-state index contributed by atoms with van der Waals surface area (Å²) in [6.07, 6.45) is 0. The zero-order valence-corrected chi connectivity index (χ0v) is 18.2. The van der Waals surface area contributed by atoms with Crippen LogP contribution in [0.5, 0.6) is 0 Å². The van der Waals surface area contributed by atoms with Crippen LogP contribution in [-0.2, 0) is 14.8 Å². The van der Waals surface area contributed by atoms with Gasteiger partial charge in [0.05, 0.1) is 28.4 Å². The van der Waals surface area contributed by atoms with E-state index in [1.54, 1.807) is 25.1 Å². The summed E-state index contributed by atoms with van der Waals surface area (Å²) in [6, 6.07) is 10.1. The van der Waals surface area contributed by atoms with Crippen molar-refractivity contribution < 1.29 is 22.7 Å². The molecule has 2 amide bonds. The smallest absolute Gasteiger partial charge is 0.338 e. The number of amides is 2. The molecular weight excluding hydrogens is 408 g/mol. The molecule has 0 spiro atoms. The largest absolute Gasteiger partial charge is 0.462 e. The Labute approximate surface area is 176 Å². The molecule has 10 heteroatoms. The number of carbonyl (C=O) groups excluding carboxylic acids is 2. The van der Waals surface area contributed by atoms with E-state index < -0.39 is 22.0 Å². The van der Waals surface area contributed by atoms with E-state index in [9.17, 15) is 18.0 Å². The van der Waals surface area contributed by atoms with E-state index in [4.69, 9.17) is 4.74 Å². The summed E-state index contributed by atoms with van der Waals surface area (Å²) in [4.78, 5) is 24.6. The van der Waals surface area contributed by atoms with Gasteiger partial charge in [-0.3, -0.25) is 0 Å². The van der Waals surface area contributed by atoms with Gasteiger partial charge >= 0.3 is 12.0 Å². The quantitative estimate of drug-likeness (QED) is 0.550. The van der Waals surface area contributed by atoms with Crippen LogP contribution in [0.25, 0.3) is 0 Å². The molecule has 0 radical (unpaired) electrons. The van der Waals surface area contributed by atoms with Crippen molar-refractivity contribution in [1.29, 1.82) is 0 Å². The maximum atomic E-state index is 12.5. The van der Waals surface area contributed by atoms with Crippen LogP contribution in [0.3, 0.4) is 0 Å². The predicted molar refractivity (Wildman–Crippen MR) is 117 cm³/mol. The highest BCUT2D eigenvalue weighted by Crippen LogP contribution is 2.24. The molecule has 0 aliphatic rings. The molecule has 0 heterocycles. The van der Waals surface area contributed by atoms with Gasteiger partial charge in [-0.15, -0.1) is 0 Å². The summed E-state index contributed by atoms with van der Waals surface area (Å²) in [6.45, 7) is 4.46. The van der Waals surface area contributed by atoms with Gasteiger partial charge in [0.15, 0.2) is 0 Å². The third-order valence-electron chi connectivity index (χ3n) is 4.02. The Balaban J connectivity index is 2.23. The number of anilines is 3. The molecule has 0 fully saturated rings. The number of carbonyl (C=O) groups is 2. The van der Waals surface area contributed by atoms with Crippen LogP contribution in [0.2, 0.25) is 0 Å². The SMILES string of the molecule is CCNc1ccc(C(=O)OCC)cc1NC(=O)Nc1cccc(S(=O)(=O)N(C)C)c1. The van der Waals surface area contributed by atoms with Gasteiger partial charge in [-0.25, -0.2) is 22.3 Å². The molecule has 0 saturated carbocycles. The van der Waals surface area contributed by atoms with E-state index in [2.05, 4.69) is 16.0 Å². The summed E-state index contributed by atoms with van der Waals surface area (Å²) >= 11 is 0. The van der Waals surface area contributed by atoms with Crippen LogP contribution >= 0.6 is 0 Å². The van der Waals surface area contributed by atoms with E-state index in [0.717, 1.165) is 4.31 Å². The zero-order valence-electron chi connectivity index (χ0n) is 17.4. The van der Waals surface area contributed by atoms with E-state index >= 15 is 0 Å². The highest BCUT2D eigenvalue weighted by atomic mass is 32.2. The lowest BCUT2D eigenvalue weighted by Crippen LogP contribution is -2.23. The molecule has 30 heavy (non-hydrogen) atoms. The number of nitrogens with zero attached hydrogens (tertiary/aromatic N) is 1. The van der Waals surface area contributed by atoms with E-state index in [1.807, 2.05) is 6.92 Å². The van der Waals surface area contributed by atoms with Crippen LogP contribution in [-0.4, -0.2) is 52.0 Å². The van der Waals surface area contributed by atoms with Crippen molar-refractivity contribution >= 4 is 39.1 Å². The Morgan fingerprint density at radius 1 is 1.00 bits per heavy atom. The summed E-state index contributed by atoms with van der Waals surface area (Å²) in [5.41, 5.74) is 1.62. The van der Waals surface area contributed by atoms with Crippen molar-refractivity contribution in [2.24, 2.45) is 0 Å². The number of urea groups is 1. The molecule has 3 N–H and O–H groups in total. The lowest BCUT2D eigenvalue weighted by atomic mass is 10.1. The minimum Gasteiger partial charge on any atom is -0.462 e. The normalized spacial score (nSPS) is 11.1. The van der Waals surface area contributed by atoms with Crippen molar-refractivity contribution in [3.05, 3.63) is 48.0 Å². The molecule has 0 unspecified atom stereocenters. The van der Waals surface area contributed by atoms with Crippen LogP contribution < -0.4 is 16.0 Å². The molecule has 0 aliphatic heterocycles. The molecule has 2 aromatic carbocycles. The molecule has 9 nitrogen and oxygen atoms in total. The van der Waals surface area contributed by atoms with E-state index in [1.165, 1.54) is 38.4 Å². The topological polar surface area (TPSA) is 117 Å². The zero-order chi connectivity index (χ0) is 22.3. The Kier molecular flexibility index (Phi) is 7.79. The van der Waals surface area contributed by atoms with Crippen molar-refractivity contribution in [3.8, 4) is 0 Å². The molecular formula is C20H26N4O5S. The highest BCUT2D eigenvalue weighted by Gasteiger charge is 2.18. The first-order chi connectivity index (χ1) is 14.2. The average molecular weight is 435 g/mol. The van der Waals surface area contributed by atoms with Crippen molar-refractivity contribution in [2.45, 2.75) is 18.7 Å². The molecule has 0 aromatic heterocycles. The Bertz CT molecular complexity index is 1020. The van der Waals surface area contributed by atoms with Crippen LogP contribution in [0.4, 0.5) is 21.9 Å². The molecule has 0 atom stereocenters. The van der Waals surface area contributed by atoms with Gasteiger partial charge < -0.3 is 20.7 Å². The number of benzene rings is 2. The number of hydrogen-bond acceptors (Lipinski definition) is 6. The first kappa shape index (κ1) is 23.2. The van der Waals surface area contributed by atoms with E-state index in [-0.39, 0.29) is 11.5 Å². The van der Waals surface area contributed by atoms with Crippen LogP contribution in [0, 0.1) is 0 Å². The lowest BCUT2D eigenvalue weighted by Gasteiger charge is -2.15. The number of ether oxygens (including phenoxy) is 1. The molecule has 0 aliphatic carbocycles. The summed E-state index contributed by atoms with van der Waals surface area (Å²) < 4.78 is 30.6. The lowest BCUT2D eigenvalue weighted by molar-refractivity contribution is 0.0526. The fourth-order valence-corrected chi connectivity index (χ4v) is 3.51. The number of hydrogen-bond donors (Lipinski definition) is 3. The second kappa shape index (κ2) is 10.1. The second-order valence-electron chi connectivity index (χ2n) is 6.41. The highest BCUT2D eigenvalue weighted by molar-refractivity contribution is 7.89. The first-order valence-electron chi connectivity index (χ1n) is 9.34. The van der Waals surface area contributed by atoms with Gasteiger partial charge in [0.25, 0.3) is 0 Å². The van der Waals surface area contributed by atoms with Crippen LogP contribution in [0.15, 0.2) is 47.4 Å². The minimum absolute atomic E-state index is 0.0583. The summed E-state index contributed by atoms with van der Waals surface area (Å²) in [5, 5.41) is 8.40. The van der Waals surface area contributed by atoms with Gasteiger partial charge in [-0.2, -0.15) is 0 Å². The maximum Gasteiger partial charge on any atom is 0.338 e. The molecule has 2 aromatic rings. The fraction of sp³-hybridized carbons (Fsp3) is 0.300. The number of nitrogens with one attached hydrogen (secondary N) is 3. The maximum absolute atomic E-state index is 12.5. The first-order valence-corrected chi connectivity index (χ1v) is 10.8. The monoisotopic (exact) mass is 434 g/mol. The Morgan fingerprint density at radius 3 is 2.37 bits per heavy atom. The number of esters is 1. The Morgan fingerprint density at radius 2 is 1.73 bits per heavy atom. The third kappa shape index (κ3) is 5.71. The minimum atomic E-state index is -3.63. The predicted octanol–water partition coefficient (Wildman–Crippen LogP) is 3.19. The fourth-order valence-electron chi connectivity index (χ4n) is 2.56. The Hall–Kier alpha value is -3.11. The molecule has 2 rings (SSSR count). The molecule has 162 valence electrons. The van der Waals surface area contributed by atoms with Gasteiger partial charge in [-0.05, 0) is 50.2 Å². The second-order valence-corrected chi connectivity index (χ2v) is 8.56. The van der Waals surface area contributed by atoms with Crippen LogP contribution in [0.1, 0.15) is 24.2 Å². The molecule has 0 saturated heterocycles. The summed E-state index contributed by atoms with van der Waals surface area (Å²) in [7, 11) is -0.766. The van der Waals surface area contributed by atoms with Gasteiger partial charge in [-0.1, -0.05) is 6.07 Å². The third-order valence-corrected chi connectivity index (χ3v) is 5.83. The number of rotatable bonds is 8. The number of sulfonamides is 1. The van der Waals surface area contributed by atoms with Crippen molar-refractivity contribution in [2.75, 3.05) is 43.2 Å². The average Bonchev–Trinajstić information content (AvgIpc) is 2.69. The standard InChI is InChI=1S/C20H26N4O5S/c1-5-21-17-11-10-14(19(25)29-6-2)12-18(17)23-20(26)22-15-8-7-9-16(13-15)30(27,28)24(3)4/h7-13,21H,5-6H2,1-4H3,(H2,22,23,26). The van der Waals surface area contributed by atoms with Gasteiger partial charge in [0.1, 0.15) is 0 Å². The summed E-state index contributed by atoms with van der Waals surface area (Å²) in [5.74, 6) is -0.495. The van der Waals surface area contributed by atoms with Crippen molar-refractivity contribution in [3.63, 3.8) is 0 Å². The van der Waals surface area contributed by atoms with E-state index in [0.29, 0.717) is 29.2 Å². The van der Waals surface area contributed by atoms with Gasteiger partial charge in [0.2, 0.25) is 10.0 Å². The van der Waals surface area contributed by atoms with Crippen molar-refractivity contribution in [1.82, 2.24) is 4.31 Å². The van der Waals surface area contributed by atoms with Gasteiger partial charge in [0, 0.05) is 26.3 Å². The molecule has 0 bridgehead atoms.